The average molecular weight is 379 g/mol. The predicted octanol–water partition coefficient (Wildman–Crippen LogP) is 4.92. The van der Waals surface area contributed by atoms with Gasteiger partial charge in [0.1, 0.15) is 11.5 Å². The summed E-state index contributed by atoms with van der Waals surface area (Å²) in [6, 6.07) is 3.03. The van der Waals surface area contributed by atoms with E-state index in [1.807, 2.05) is 0 Å². The van der Waals surface area contributed by atoms with Crippen LogP contribution in [0.5, 0.6) is 5.75 Å². The van der Waals surface area contributed by atoms with Gasteiger partial charge in [0.05, 0.1) is 4.83 Å². The van der Waals surface area contributed by atoms with Gasteiger partial charge in [-0.1, -0.05) is 15.9 Å². The van der Waals surface area contributed by atoms with E-state index in [9.17, 15) is 26.7 Å². The van der Waals surface area contributed by atoms with Crippen LogP contribution in [0.1, 0.15) is 17.3 Å². The molecule has 0 fully saturated rings. The molecule has 0 aliphatic carbocycles. The molecule has 0 spiro atoms. The Morgan fingerprint density at radius 3 is 2.35 bits per heavy atom. The summed E-state index contributed by atoms with van der Waals surface area (Å²) in [7, 11) is 0. The average Bonchev–Trinajstić information content (AvgIpc) is 2.23. The number of Topliss-reactive ketones (excluding diaryl/α,β-unsaturated/α-hetero) is 1. The maximum atomic E-state index is 12.3. The largest absolute Gasteiger partial charge is 0.446 e. The van der Waals surface area contributed by atoms with Gasteiger partial charge in [-0.25, -0.2) is 0 Å². The number of ether oxygens (including phenoxy) is 1. The lowest BCUT2D eigenvalue weighted by Gasteiger charge is -2.13. The molecule has 0 radical (unpaired) electrons. The maximum Gasteiger partial charge on any atom is 0.446 e. The van der Waals surface area contributed by atoms with Crippen LogP contribution in [0.3, 0.4) is 0 Å². The number of hydrogen-bond donors (Lipinski definition) is 0. The monoisotopic (exact) mass is 378 g/mol. The van der Waals surface area contributed by atoms with Gasteiger partial charge in [0, 0.05) is 4.90 Å². The van der Waals surface area contributed by atoms with Crippen LogP contribution in [0.25, 0.3) is 0 Å². The zero-order chi connectivity index (χ0) is 15.5. The van der Waals surface area contributed by atoms with E-state index in [1.165, 1.54) is 6.92 Å². The second-order valence-electron chi connectivity index (χ2n) is 3.64. The van der Waals surface area contributed by atoms with E-state index in [1.54, 1.807) is 0 Å². The molecule has 0 bridgehead atoms. The normalized spacial score (nSPS) is 13.4. The van der Waals surface area contributed by atoms with Crippen molar-refractivity contribution >= 4 is 33.5 Å². The highest BCUT2D eigenvalue weighted by Gasteiger charge is 2.30. The van der Waals surface area contributed by atoms with E-state index in [2.05, 4.69) is 20.7 Å². The van der Waals surface area contributed by atoms with Crippen molar-refractivity contribution in [1.82, 2.24) is 0 Å². The van der Waals surface area contributed by atoms with Gasteiger partial charge < -0.3 is 4.74 Å². The SMILES string of the molecule is CC(=O)C(Br)c1cc(OC(F)F)cc(SC(F)(F)F)c1. The van der Waals surface area contributed by atoms with Gasteiger partial charge in [-0.15, -0.1) is 0 Å². The third-order valence-corrected chi connectivity index (χ3v) is 3.89. The number of thioether (sulfide) groups is 1. The van der Waals surface area contributed by atoms with Crippen molar-refractivity contribution in [2.24, 2.45) is 0 Å². The van der Waals surface area contributed by atoms with Crippen molar-refractivity contribution in [2.75, 3.05) is 0 Å². The van der Waals surface area contributed by atoms with Crippen molar-refractivity contribution in [3.8, 4) is 5.75 Å². The van der Waals surface area contributed by atoms with Crippen LogP contribution < -0.4 is 4.74 Å². The van der Waals surface area contributed by atoms with Crippen LogP contribution in [0.4, 0.5) is 22.0 Å². The van der Waals surface area contributed by atoms with Crippen molar-refractivity contribution in [2.45, 2.75) is 28.8 Å². The summed E-state index contributed by atoms with van der Waals surface area (Å²) >= 11 is 2.51. The lowest BCUT2D eigenvalue weighted by Crippen LogP contribution is -2.06. The number of benzene rings is 1. The summed E-state index contributed by atoms with van der Waals surface area (Å²) in [6.45, 7) is -1.95. The Morgan fingerprint density at radius 2 is 1.90 bits per heavy atom. The zero-order valence-electron chi connectivity index (χ0n) is 9.88. The minimum absolute atomic E-state index is 0.113. The Balaban J connectivity index is 3.17. The lowest BCUT2D eigenvalue weighted by molar-refractivity contribution is -0.116. The molecule has 1 rings (SSSR count). The van der Waals surface area contributed by atoms with Gasteiger partial charge in [0.25, 0.3) is 0 Å². The molecule has 0 amide bonds. The Kier molecular flexibility index (Phi) is 5.81. The molecule has 0 aliphatic rings. The van der Waals surface area contributed by atoms with Crippen molar-refractivity contribution in [1.29, 1.82) is 0 Å². The number of hydrogen-bond acceptors (Lipinski definition) is 3. The quantitative estimate of drug-likeness (QED) is 0.413. The van der Waals surface area contributed by atoms with Crippen LogP contribution in [0.15, 0.2) is 23.1 Å². The van der Waals surface area contributed by atoms with Crippen molar-refractivity contribution in [3.63, 3.8) is 0 Å². The molecule has 2 nitrogen and oxygen atoms in total. The van der Waals surface area contributed by atoms with E-state index >= 15 is 0 Å². The van der Waals surface area contributed by atoms with E-state index in [0.29, 0.717) is 0 Å². The minimum atomic E-state index is -4.57. The van der Waals surface area contributed by atoms with Crippen LogP contribution in [-0.4, -0.2) is 17.9 Å². The topological polar surface area (TPSA) is 26.3 Å². The molecule has 20 heavy (non-hydrogen) atoms. The first-order valence-electron chi connectivity index (χ1n) is 5.08. The molecule has 0 saturated heterocycles. The van der Waals surface area contributed by atoms with Gasteiger partial charge in [-0.2, -0.15) is 22.0 Å². The summed E-state index contributed by atoms with van der Waals surface area (Å²) in [6.07, 6.45) is 0. The number of alkyl halides is 6. The predicted molar refractivity (Wildman–Crippen MR) is 67.3 cm³/mol. The molecular formula is C11H8BrF5O2S. The first-order valence-corrected chi connectivity index (χ1v) is 6.82. The molecule has 0 aromatic heterocycles. The summed E-state index contributed by atoms with van der Waals surface area (Å²) in [5.41, 5.74) is -4.46. The van der Waals surface area contributed by atoms with E-state index in [0.717, 1.165) is 18.2 Å². The molecule has 1 atom stereocenters. The first kappa shape index (κ1) is 17.2. The number of carbonyl (C=O) groups excluding carboxylic acids is 1. The number of rotatable bonds is 5. The summed E-state index contributed by atoms with van der Waals surface area (Å²) in [4.78, 5) is 9.98. The fourth-order valence-corrected chi connectivity index (χ4v) is 2.24. The zero-order valence-corrected chi connectivity index (χ0v) is 12.3. The highest BCUT2D eigenvalue weighted by molar-refractivity contribution is 9.09. The number of halogens is 6. The van der Waals surface area contributed by atoms with Gasteiger partial charge in [-0.05, 0) is 42.4 Å². The highest BCUT2D eigenvalue weighted by atomic mass is 79.9. The Morgan fingerprint density at radius 1 is 1.30 bits per heavy atom. The molecule has 1 aromatic carbocycles. The molecular weight excluding hydrogens is 371 g/mol. The molecule has 9 heteroatoms. The molecule has 0 heterocycles. The Labute approximate surface area is 123 Å². The first-order chi connectivity index (χ1) is 9.08. The molecule has 112 valence electrons. The summed E-state index contributed by atoms with van der Waals surface area (Å²) in [5, 5.41) is 0. The van der Waals surface area contributed by atoms with E-state index in [4.69, 9.17) is 0 Å². The van der Waals surface area contributed by atoms with Crippen LogP contribution >= 0.6 is 27.7 Å². The Hall–Kier alpha value is -0.830. The summed E-state index contributed by atoms with van der Waals surface area (Å²) in [5.74, 6) is -0.808. The Bertz CT molecular complexity index is 492. The number of ketones is 1. The summed E-state index contributed by atoms with van der Waals surface area (Å²) < 4.78 is 65.4. The minimum Gasteiger partial charge on any atom is -0.435 e. The molecule has 0 N–H and O–H groups in total. The molecule has 1 unspecified atom stereocenters. The second-order valence-corrected chi connectivity index (χ2v) is 5.69. The molecule has 0 aliphatic heterocycles. The van der Waals surface area contributed by atoms with Crippen molar-refractivity contribution in [3.05, 3.63) is 23.8 Å². The highest BCUT2D eigenvalue weighted by Crippen LogP contribution is 2.40. The fraction of sp³-hybridized carbons (Fsp3) is 0.364. The van der Waals surface area contributed by atoms with Crippen LogP contribution in [0, 0.1) is 0 Å². The van der Waals surface area contributed by atoms with E-state index in [-0.39, 0.29) is 16.2 Å². The van der Waals surface area contributed by atoms with Gasteiger partial charge in [-0.3, -0.25) is 4.79 Å². The van der Waals surface area contributed by atoms with Crippen LogP contribution in [0.2, 0.25) is 0 Å². The fourth-order valence-electron chi connectivity index (χ4n) is 1.34. The number of carbonyl (C=O) groups is 1. The van der Waals surface area contributed by atoms with Gasteiger partial charge in [0.2, 0.25) is 0 Å². The van der Waals surface area contributed by atoms with E-state index < -0.39 is 34.5 Å². The third-order valence-electron chi connectivity index (χ3n) is 2.01. The molecule has 0 saturated carbocycles. The van der Waals surface area contributed by atoms with Crippen LogP contribution in [-0.2, 0) is 4.79 Å². The van der Waals surface area contributed by atoms with Crippen molar-refractivity contribution < 1.29 is 31.5 Å². The maximum absolute atomic E-state index is 12.3. The standard InChI is InChI=1S/C11H8BrF5O2S/c1-5(18)9(12)6-2-7(19-10(13)14)4-8(3-6)20-11(15,16)17/h2-4,9-10H,1H3. The lowest BCUT2D eigenvalue weighted by atomic mass is 10.1. The van der Waals surface area contributed by atoms with Gasteiger partial charge in [0.15, 0.2) is 0 Å². The smallest absolute Gasteiger partial charge is 0.435 e. The second kappa shape index (κ2) is 6.75. The third kappa shape index (κ3) is 5.66. The van der Waals surface area contributed by atoms with Gasteiger partial charge >= 0.3 is 12.1 Å². The molecule has 1 aromatic rings.